The van der Waals surface area contributed by atoms with Crippen molar-refractivity contribution in [3.8, 4) is 0 Å². The zero-order chi connectivity index (χ0) is 13.5. The fourth-order valence-electron chi connectivity index (χ4n) is 2.20. The smallest absolute Gasteiger partial charge is 0.0410 e. The van der Waals surface area contributed by atoms with Crippen molar-refractivity contribution in [3.05, 3.63) is 64.4 Å². The standard InChI is InChI=1S/C16H19BrN2/c1-2-18-11-15(14-6-4-3-5-7-14)8-13-9-16(17)12-19-10-13/h3-7,9-10,12,15,18H,2,8,11H2,1H3. The SMILES string of the molecule is CCNCC(Cc1cncc(Br)c1)c1ccccc1. The zero-order valence-electron chi connectivity index (χ0n) is 11.1. The minimum atomic E-state index is 0.484. The first-order chi connectivity index (χ1) is 9.29. The highest BCUT2D eigenvalue weighted by molar-refractivity contribution is 9.10. The van der Waals surface area contributed by atoms with E-state index in [2.05, 4.69) is 69.6 Å². The zero-order valence-corrected chi connectivity index (χ0v) is 12.7. The van der Waals surface area contributed by atoms with Crippen LogP contribution in [0.2, 0.25) is 0 Å². The highest BCUT2D eigenvalue weighted by atomic mass is 79.9. The summed E-state index contributed by atoms with van der Waals surface area (Å²) in [5, 5.41) is 3.45. The molecule has 0 aliphatic heterocycles. The third-order valence-electron chi connectivity index (χ3n) is 3.16. The van der Waals surface area contributed by atoms with Crippen molar-refractivity contribution in [1.29, 1.82) is 0 Å². The van der Waals surface area contributed by atoms with Crippen molar-refractivity contribution >= 4 is 15.9 Å². The van der Waals surface area contributed by atoms with Crippen molar-refractivity contribution < 1.29 is 0 Å². The maximum atomic E-state index is 4.24. The van der Waals surface area contributed by atoms with E-state index in [1.165, 1.54) is 11.1 Å². The lowest BCUT2D eigenvalue weighted by Crippen LogP contribution is -2.22. The quantitative estimate of drug-likeness (QED) is 0.876. The Balaban J connectivity index is 2.14. The van der Waals surface area contributed by atoms with E-state index >= 15 is 0 Å². The van der Waals surface area contributed by atoms with Gasteiger partial charge in [0.25, 0.3) is 0 Å². The van der Waals surface area contributed by atoms with Gasteiger partial charge in [-0.25, -0.2) is 0 Å². The second-order valence-electron chi connectivity index (χ2n) is 4.63. The number of likely N-dealkylation sites (N-methyl/N-ethyl adjacent to an activating group) is 1. The molecule has 2 rings (SSSR count). The molecule has 1 heterocycles. The number of aromatic nitrogens is 1. The molecule has 0 radical (unpaired) electrons. The molecule has 1 N–H and O–H groups in total. The van der Waals surface area contributed by atoms with Crippen molar-refractivity contribution in [1.82, 2.24) is 10.3 Å². The average molecular weight is 319 g/mol. The Labute approximate surface area is 123 Å². The number of hydrogen-bond donors (Lipinski definition) is 1. The normalized spacial score (nSPS) is 12.3. The second-order valence-corrected chi connectivity index (χ2v) is 5.55. The summed E-state index contributed by atoms with van der Waals surface area (Å²) < 4.78 is 1.04. The Morgan fingerprint density at radius 3 is 2.68 bits per heavy atom. The van der Waals surface area contributed by atoms with Gasteiger partial charge in [0, 0.05) is 29.3 Å². The van der Waals surface area contributed by atoms with Gasteiger partial charge in [0.2, 0.25) is 0 Å². The van der Waals surface area contributed by atoms with Crippen molar-refractivity contribution in [2.75, 3.05) is 13.1 Å². The molecule has 3 heteroatoms. The van der Waals surface area contributed by atoms with E-state index in [-0.39, 0.29) is 0 Å². The van der Waals surface area contributed by atoms with E-state index < -0.39 is 0 Å². The number of pyridine rings is 1. The summed E-state index contributed by atoms with van der Waals surface area (Å²) in [6.45, 7) is 4.13. The van der Waals surface area contributed by atoms with Crippen molar-refractivity contribution in [2.45, 2.75) is 19.3 Å². The molecular formula is C16H19BrN2. The number of hydrogen-bond acceptors (Lipinski definition) is 2. The summed E-state index contributed by atoms with van der Waals surface area (Å²) in [7, 11) is 0. The molecule has 2 aromatic rings. The van der Waals surface area contributed by atoms with Gasteiger partial charge >= 0.3 is 0 Å². The van der Waals surface area contributed by atoms with Gasteiger partial charge in [0.05, 0.1) is 0 Å². The molecule has 0 aliphatic rings. The van der Waals surface area contributed by atoms with Crippen LogP contribution in [-0.4, -0.2) is 18.1 Å². The fourth-order valence-corrected chi connectivity index (χ4v) is 2.62. The molecular weight excluding hydrogens is 300 g/mol. The van der Waals surface area contributed by atoms with Crippen LogP contribution in [0, 0.1) is 0 Å². The molecule has 1 aromatic carbocycles. The summed E-state index contributed by atoms with van der Waals surface area (Å²) in [6.07, 6.45) is 4.78. The molecule has 0 amide bonds. The minimum absolute atomic E-state index is 0.484. The van der Waals surface area contributed by atoms with Crippen LogP contribution in [0.15, 0.2) is 53.3 Å². The van der Waals surface area contributed by atoms with E-state index in [1.54, 1.807) is 0 Å². The maximum absolute atomic E-state index is 4.24. The van der Waals surface area contributed by atoms with Crippen LogP contribution in [0.4, 0.5) is 0 Å². The van der Waals surface area contributed by atoms with Gasteiger partial charge in [-0.2, -0.15) is 0 Å². The highest BCUT2D eigenvalue weighted by Crippen LogP contribution is 2.21. The Kier molecular flexibility index (Phi) is 5.55. The van der Waals surface area contributed by atoms with Crippen LogP contribution in [-0.2, 0) is 6.42 Å². The van der Waals surface area contributed by atoms with Gasteiger partial charge in [-0.3, -0.25) is 4.98 Å². The lowest BCUT2D eigenvalue weighted by molar-refractivity contribution is 0.594. The van der Waals surface area contributed by atoms with Crippen LogP contribution in [0.5, 0.6) is 0 Å². The largest absolute Gasteiger partial charge is 0.316 e. The third-order valence-corrected chi connectivity index (χ3v) is 3.59. The van der Waals surface area contributed by atoms with Crippen LogP contribution in [0.25, 0.3) is 0 Å². The number of nitrogens with one attached hydrogen (secondary N) is 1. The molecule has 19 heavy (non-hydrogen) atoms. The van der Waals surface area contributed by atoms with Crippen LogP contribution in [0.3, 0.4) is 0 Å². The van der Waals surface area contributed by atoms with Gasteiger partial charge in [0.15, 0.2) is 0 Å². The van der Waals surface area contributed by atoms with E-state index in [1.807, 2.05) is 12.4 Å². The molecule has 100 valence electrons. The monoisotopic (exact) mass is 318 g/mol. The first-order valence-corrected chi connectivity index (χ1v) is 7.44. The van der Waals surface area contributed by atoms with Crippen LogP contribution < -0.4 is 5.32 Å². The predicted octanol–water partition coefficient (Wildman–Crippen LogP) is 3.78. The molecule has 2 nitrogen and oxygen atoms in total. The fraction of sp³-hybridized carbons (Fsp3) is 0.312. The number of nitrogens with zero attached hydrogens (tertiary/aromatic N) is 1. The molecule has 1 atom stereocenters. The number of benzene rings is 1. The third kappa shape index (κ3) is 4.44. The molecule has 1 aromatic heterocycles. The van der Waals surface area contributed by atoms with Crippen LogP contribution >= 0.6 is 15.9 Å². The van der Waals surface area contributed by atoms with E-state index in [4.69, 9.17) is 0 Å². The molecule has 0 saturated carbocycles. The summed E-state index contributed by atoms with van der Waals surface area (Å²) in [5.74, 6) is 0.484. The van der Waals surface area contributed by atoms with Crippen molar-refractivity contribution in [2.24, 2.45) is 0 Å². The summed E-state index contributed by atoms with van der Waals surface area (Å²) in [5.41, 5.74) is 2.64. The van der Waals surface area contributed by atoms with Gasteiger partial charge < -0.3 is 5.32 Å². The molecule has 0 spiro atoms. The predicted molar refractivity (Wildman–Crippen MR) is 83.4 cm³/mol. The van der Waals surface area contributed by atoms with Gasteiger partial charge in [-0.15, -0.1) is 0 Å². The Morgan fingerprint density at radius 2 is 2.00 bits per heavy atom. The number of rotatable bonds is 6. The van der Waals surface area contributed by atoms with E-state index in [9.17, 15) is 0 Å². The van der Waals surface area contributed by atoms with Gasteiger partial charge in [-0.1, -0.05) is 37.3 Å². The van der Waals surface area contributed by atoms with Gasteiger partial charge in [-0.05, 0) is 46.1 Å². The first-order valence-electron chi connectivity index (χ1n) is 6.64. The average Bonchev–Trinajstić information content (AvgIpc) is 2.44. The summed E-state index contributed by atoms with van der Waals surface area (Å²) >= 11 is 3.48. The summed E-state index contributed by atoms with van der Waals surface area (Å²) in [4.78, 5) is 4.24. The Hall–Kier alpha value is -1.19. The molecule has 0 fully saturated rings. The molecule has 0 bridgehead atoms. The lowest BCUT2D eigenvalue weighted by Gasteiger charge is -2.18. The van der Waals surface area contributed by atoms with E-state index in [0.717, 1.165) is 24.0 Å². The first kappa shape index (κ1) is 14.2. The minimum Gasteiger partial charge on any atom is -0.316 e. The molecule has 1 unspecified atom stereocenters. The van der Waals surface area contributed by atoms with Crippen molar-refractivity contribution in [3.63, 3.8) is 0 Å². The van der Waals surface area contributed by atoms with E-state index in [0.29, 0.717) is 5.92 Å². The highest BCUT2D eigenvalue weighted by Gasteiger charge is 2.12. The summed E-state index contributed by atoms with van der Waals surface area (Å²) in [6, 6.07) is 12.8. The van der Waals surface area contributed by atoms with Gasteiger partial charge in [0.1, 0.15) is 0 Å². The second kappa shape index (κ2) is 7.41. The topological polar surface area (TPSA) is 24.9 Å². The number of halogens is 1. The van der Waals surface area contributed by atoms with Crippen LogP contribution in [0.1, 0.15) is 24.0 Å². The lowest BCUT2D eigenvalue weighted by atomic mass is 9.92. The maximum Gasteiger partial charge on any atom is 0.0410 e. The molecule has 0 saturated heterocycles. The Bertz CT molecular complexity index is 499. The molecule has 0 aliphatic carbocycles. The Morgan fingerprint density at radius 1 is 1.21 bits per heavy atom.